The van der Waals surface area contributed by atoms with Gasteiger partial charge in [-0.25, -0.2) is 0 Å². The van der Waals surface area contributed by atoms with E-state index in [4.69, 9.17) is 0 Å². The van der Waals surface area contributed by atoms with E-state index in [9.17, 15) is 0 Å². The van der Waals surface area contributed by atoms with Gasteiger partial charge in [-0.2, -0.15) is 0 Å². The van der Waals surface area contributed by atoms with Crippen molar-refractivity contribution in [2.24, 2.45) is 0 Å². The molecule has 0 aliphatic carbocycles. The van der Waals surface area contributed by atoms with Crippen LogP contribution in [0, 0.1) is 0 Å². The van der Waals surface area contributed by atoms with Crippen molar-refractivity contribution in [3.8, 4) is 0 Å². The van der Waals surface area contributed by atoms with Crippen LogP contribution in [0.4, 0.5) is 0 Å². The summed E-state index contributed by atoms with van der Waals surface area (Å²) in [6, 6.07) is 0.560. The fourth-order valence-electron chi connectivity index (χ4n) is 0.512. The minimum atomic E-state index is 0.560. The molecule has 2 N–H and O–H groups in total. The lowest BCUT2D eigenvalue weighted by atomic mass is 10.3. The van der Waals surface area contributed by atoms with Crippen molar-refractivity contribution in [3.63, 3.8) is 0 Å². The van der Waals surface area contributed by atoms with E-state index in [-0.39, 0.29) is 0 Å². The van der Waals surface area contributed by atoms with Gasteiger partial charge in [0.1, 0.15) is 0 Å². The lowest BCUT2D eigenvalue weighted by molar-refractivity contribution is 0.455. The van der Waals surface area contributed by atoms with Crippen LogP contribution in [-0.2, 0) is 0 Å². The number of hydrogen-bond acceptors (Lipinski definition) is 2. The van der Waals surface area contributed by atoms with Crippen LogP contribution < -0.4 is 10.9 Å². The molecule has 0 unspecified atom stereocenters. The smallest absolute Gasteiger partial charge is 0.0192 e. The van der Waals surface area contributed by atoms with Crippen molar-refractivity contribution in [1.29, 1.82) is 0 Å². The van der Waals surface area contributed by atoms with E-state index in [2.05, 4.69) is 40.6 Å². The van der Waals surface area contributed by atoms with E-state index in [0.29, 0.717) is 6.04 Å². The van der Waals surface area contributed by atoms with Gasteiger partial charge in [-0.1, -0.05) is 22.9 Å². The number of halogens is 1. The second-order valence-electron chi connectivity index (χ2n) is 2.05. The van der Waals surface area contributed by atoms with Gasteiger partial charge >= 0.3 is 0 Å². The van der Waals surface area contributed by atoms with E-state index in [1.165, 1.54) is 0 Å². The highest BCUT2D eigenvalue weighted by atomic mass is 79.9. The number of hydrogen-bond donors (Lipinski definition) is 2. The van der Waals surface area contributed by atoms with Crippen LogP contribution in [0.25, 0.3) is 0 Å². The zero-order valence-electron chi connectivity index (χ0n) is 6.08. The highest BCUT2D eigenvalue weighted by Gasteiger charge is 1.95. The van der Waals surface area contributed by atoms with Crippen LogP contribution in [0.2, 0.25) is 0 Å². The van der Waals surface area contributed by atoms with Crippen molar-refractivity contribution in [2.45, 2.75) is 26.3 Å². The quantitative estimate of drug-likeness (QED) is 0.510. The van der Waals surface area contributed by atoms with Gasteiger partial charge in [-0.05, 0) is 13.3 Å². The number of hydrazine groups is 1. The highest BCUT2D eigenvalue weighted by Crippen LogP contribution is 1.92. The van der Waals surface area contributed by atoms with Crippen molar-refractivity contribution >= 4 is 15.9 Å². The van der Waals surface area contributed by atoms with Gasteiger partial charge in [0.15, 0.2) is 0 Å². The molecule has 0 bridgehead atoms. The summed E-state index contributed by atoms with van der Waals surface area (Å²) < 4.78 is 0. The molecule has 0 saturated heterocycles. The summed E-state index contributed by atoms with van der Waals surface area (Å²) in [6.45, 7) is 5.21. The topological polar surface area (TPSA) is 24.1 Å². The molecule has 2 nitrogen and oxygen atoms in total. The summed E-state index contributed by atoms with van der Waals surface area (Å²) >= 11 is 3.37. The minimum Gasteiger partial charge on any atom is -0.258 e. The number of nitrogens with one attached hydrogen (secondary N) is 2. The fraction of sp³-hybridized carbons (Fsp3) is 1.00. The lowest BCUT2D eigenvalue weighted by Gasteiger charge is -2.11. The SMILES string of the molecule is CCNN[C@H](C)CCBr. The van der Waals surface area contributed by atoms with Crippen molar-refractivity contribution in [2.75, 3.05) is 11.9 Å². The van der Waals surface area contributed by atoms with Gasteiger partial charge in [0.2, 0.25) is 0 Å². The van der Waals surface area contributed by atoms with E-state index < -0.39 is 0 Å². The molecule has 3 heteroatoms. The van der Waals surface area contributed by atoms with Crippen molar-refractivity contribution in [3.05, 3.63) is 0 Å². The predicted octanol–water partition coefficient (Wildman–Crippen LogP) is 1.27. The molecule has 0 amide bonds. The van der Waals surface area contributed by atoms with Crippen LogP contribution in [0.5, 0.6) is 0 Å². The first-order valence-corrected chi connectivity index (χ1v) is 4.47. The summed E-state index contributed by atoms with van der Waals surface area (Å²) in [5.41, 5.74) is 6.22. The Hall–Kier alpha value is 0.400. The van der Waals surface area contributed by atoms with Gasteiger partial charge < -0.3 is 0 Å². The third-order valence-electron chi connectivity index (χ3n) is 1.07. The van der Waals surface area contributed by atoms with Crippen LogP contribution >= 0.6 is 15.9 Å². The van der Waals surface area contributed by atoms with E-state index in [1.54, 1.807) is 0 Å². The Morgan fingerprint density at radius 3 is 2.67 bits per heavy atom. The molecule has 0 aliphatic heterocycles. The molecule has 0 aromatic rings. The maximum atomic E-state index is 3.37. The Labute approximate surface area is 65.5 Å². The first kappa shape index (κ1) is 9.40. The van der Waals surface area contributed by atoms with Crippen molar-refractivity contribution < 1.29 is 0 Å². The predicted molar refractivity (Wildman–Crippen MR) is 44.7 cm³/mol. The zero-order chi connectivity index (χ0) is 7.11. The highest BCUT2D eigenvalue weighted by molar-refractivity contribution is 9.09. The van der Waals surface area contributed by atoms with E-state index >= 15 is 0 Å². The first-order valence-electron chi connectivity index (χ1n) is 3.35. The Kier molecular flexibility index (Phi) is 6.81. The normalized spacial score (nSPS) is 13.7. The molecule has 9 heavy (non-hydrogen) atoms. The molecule has 0 radical (unpaired) electrons. The Balaban J connectivity index is 2.95. The molecule has 1 atom stereocenters. The zero-order valence-corrected chi connectivity index (χ0v) is 7.66. The molecular formula is C6H15BrN2. The summed E-state index contributed by atoms with van der Waals surface area (Å²) in [7, 11) is 0. The number of alkyl halides is 1. The van der Waals surface area contributed by atoms with Gasteiger partial charge in [0, 0.05) is 17.9 Å². The molecule has 0 aromatic carbocycles. The Morgan fingerprint density at radius 1 is 1.56 bits per heavy atom. The van der Waals surface area contributed by atoms with Gasteiger partial charge in [-0.15, -0.1) is 0 Å². The van der Waals surface area contributed by atoms with Crippen LogP contribution in [0.3, 0.4) is 0 Å². The third-order valence-corrected chi connectivity index (χ3v) is 1.53. The maximum Gasteiger partial charge on any atom is 0.0192 e. The fourth-order valence-corrected chi connectivity index (χ4v) is 1.20. The maximum absolute atomic E-state index is 3.37. The molecule has 0 saturated carbocycles. The van der Waals surface area contributed by atoms with E-state index in [1.807, 2.05) is 0 Å². The van der Waals surface area contributed by atoms with Gasteiger partial charge in [-0.3, -0.25) is 10.9 Å². The van der Waals surface area contributed by atoms with Gasteiger partial charge in [0.05, 0.1) is 0 Å². The largest absolute Gasteiger partial charge is 0.258 e. The molecule has 0 rings (SSSR count). The second-order valence-corrected chi connectivity index (χ2v) is 2.85. The summed E-state index contributed by atoms with van der Waals surface area (Å²) in [5, 5.41) is 1.06. The molecule has 0 aliphatic rings. The molecule has 0 aromatic heterocycles. The Morgan fingerprint density at radius 2 is 2.22 bits per heavy atom. The third kappa shape index (κ3) is 6.28. The van der Waals surface area contributed by atoms with Gasteiger partial charge in [0.25, 0.3) is 0 Å². The van der Waals surface area contributed by atoms with Crippen LogP contribution in [-0.4, -0.2) is 17.9 Å². The number of rotatable bonds is 5. The van der Waals surface area contributed by atoms with Crippen LogP contribution in [0.15, 0.2) is 0 Å². The summed E-state index contributed by atoms with van der Waals surface area (Å²) in [5.74, 6) is 0. The average molecular weight is 195 g/mol. The molecule has 0 spiro atoms. The van der Waals surface area contributed by atoms with Crippen LogP contribution in [0.1, 0.15) is 20.3 Å². The Bertz CT molecular complexity index is 59.0. The molecule has 0 heterocycles. The lowest BCUT2D eigenvalue weighted by Crippen LogP contribution is -2.38. The second kappa shape index (κ2) is 6.52. The molecule has 0 fully saturated rings. The van der Waals surface area contributed by atoms with E-state index in [0.717, 1.165) is 18.3 Å². The molecule has 56 valence electrons. The first-order chi connectivity index (χ1) is 4.31. The minimum absolute atomic E-state index is 0.560. The monoisotopic (exact) mass is 194 g/mol. The van der Waals surface area contributed by atoms with Crippen molar-refractivity contribution in [1.82, 2.24) is 10.9 Å². The molecular weight excluding hydrogens is 180 g/mol. The summed E-state index contributed by atoms with van der Waals surface area (Å²) in [6.07, 6.45) is 1.16. The summed E-state index contributed by atoms with van der Waals surface area (Å²) in [4.78, 5) is 0. The standard InChI is InChI=1S/C6H15BrN2/c1-3-8-9-6(2)4-5-7/h6,8-9H,3-5H2,1-2H3/t6-/m1/s1. The average Bonchev–Trinajstić information content (AvgIpc) is 1.85.